The fourth-order valence-corrected chi connectivity index (χ4v) is 2.93. The lowest BCUT2D eigenvalue weighted by molar-refractivity contribution is -0.0951. The van der Waals surface area contributed by atoms with Gasteiger partial charge in [-0.15, -0.1) is 0 Å². The number of aromatic amines is 1. The van der Waals surface area contributed by atoms with Gasteiger partial charge in [-0.25, -0.2) is 4.98 Å². The minimum Gasteiger partial charge on any atom is -0.394 e. The maximum Gasteiger partial charge on any atom is 0.264 e. The van der Waals surface area contributed by atoms with Crippen LogP contribution in [0.4, 0.5) is 0 Å². The number of nitrogens with zero attached hydrogens (tertiary/aromatic N) is 2. The van der Waals surface area contributed by atoms with Crippen LogP contribution >= 0.6 is 0 Å². The first-order chi connectivity index (χ1) is 11.7. The smallest absolute Gasteiger partial charge is 0.264 e. The number of nitrogens with one attached hydrogen (secondary N) is 1. The molecule has 2 aromatic rings. The number of rotatable bonds is 3. The van der Waals surface area contributed by atoms with E-state index in [1.165, 1.54) is 6.92 Å². The lowest BCUT2D eigenvalue weighted by atomic mass is 9.96. The largest absolute Gasteiger partial charge is 0.394 e. The van der Waals surface area contributed by atoms with Crippen LogP contribution in [0.2, 0.25) is 0 Å². The second kappa shape index (κ2) is 5.74. The minimum atomic E-state index is -1.91. The second-order valence-electron chi connectivity index (χ2n) is 5.95. The molecule has 25 heavy (non-hydrogen) atoms. The molecule has 2 unspecified atom stereocenters. The molecule has 0 saturated carbocycles. The number of fused-ring (bicyclic) bond motifs is 1. The van der Waals surface area contributed by atoms with Crippen molar-refractivity contribution in [3.8, 4) is 0 Å². The van der Waals surface area contributed by atoms with E-state index in [1.807, 2.05) is 0 Å². The van der Waals surface area contributed by atoms with Crippen LogP contribution in [-0.2, 0) is 4.74 Å². The van der Waals surface area contributed by atoms with Gasteiger partial charge in [0.1, 0.15) is 28.8 Å². The quantitative estimate of drug-likeness (QED) is 0.392. The molecule has 2 aromatic heterocycles. The third-order valence-corrected chi connectivity index (χ3v) is 4.27. The number of hydrogen-bond acceptors (Lipinski definition) is 8. The molecule has 1 amide bonds. The van der Waals surface area contributed by atoms with Crippen LogP contribution in [0, 0.1) is 0 Å². The maximum atomic E-state index is 12.3. The molecule has 1 aliphatic rings. The van der Waals surface area contributed by atoms with Gasteiger partial charge >= 0.3 is 0 Å². The summed E-state index contributed by atoms with van der Waals surface area (Å²) < 4.78 is 6.53. The zero-order valence-corrected chi connectivity index (χ0v) is 13.0. The van der Waals surface area contributed by atoms with Crippen LogP contribution in [-0.4, -0.2) is 60.2 Å². The summed E-state index contributed by atoms with van der Waals surface area (Å²) >= 11 is 0. The fourth-order valence-electron chi connectivity index (χ4n) is 2.93. The van der Waals surface area contributed by atoms with Crippen LogP contribution in [0.3, 0.4) is 0 Å². The van der Waals surface area contributed by atoms with Gasteiger partial charge in [0, 0.05) is 6.20 Å². The van der Waals surface area contributed by atoms with Crippen LogP contribution in [0.5, 0.6) is 0 Å². The van der Waals surface area contributed by atoms with Crippen molar-refractivity contribution in [2.24, 2.45) is 5.73 Å². The van der Waals surface area contributed by atoms with Gasteiger partial charge in [-0.3, -0.25) is 14.4 Å². The number of aromatic nitrogens is 3. The number of pyridine rings is 1. The van der Waals surface area contributed by atoms with Crippen molar-refractivity contribution in [2.75, 3.05) is 6.61 Å². The Hall–Kier alpha value is -2.60. The molecule has 0 radical (unpaired) electrons. The Morgan fingerprint density at radius 1 is 1.52 bits per heavy atom. The molecule has 11 heteroatoms. The number of nitrogens with two attached hydrogens (primary N) is 1. The number of H-pyrrole nitrogens is 1. The topological polar surface area (TPSA) is 181 Å². The SMILES string of the molecule is C[C@@]1(O)C(n2cc(C(N)=O)c(=O)c3c(=O)[nH]cnc32)OC(CO)[C@H]1O. The van der Waals surface area contributed by atoms with Gasteiger partial charge in [-0.1, -0.05) is 0 Å². The van der Waals surface area contributed by atoms with Gasteiger partial charge in [-0.2, -0.15) is 0 Å². The number of aliphatic hydroxyl groups is 3. The highest BCUT2D eigenvalue weighted by Gasteiger charge is 2.53. The Balaban J connectivity index is 2.36. The van der Waals surface area contributed by atoms with Gasteiger partial charge in [0.15, 0.2) is 11.9 Å². The molecule has 3 rings (SSSR count). The molecular weight excluding hydrogens is 336 g/mol. The summed E-state index contributed by atoms with van der Waals surface area (Å²) in [4.78, 5) is 42.1. The van der Waals surface area contributed by atoms with Crippen molar-refractivity contribution in [1.29, 1.82) is 0 Å². The lowest BCUT2D eigenvalue weighted by Crippen LogP contribution is -2.44. The Morgan fingerprint density at radius 3 is 2.76 bits per heavy atom. The normalized spacial score (nSPS) is 29.2. The van der Waals surface area contributed by atoms with E-state index >= 15 is 0 Å². The Labute approximate surface area is 139 Å². The van der Waals surface area contributed by atoms with Gasteiger partial charge in [0.05, 0.1) is 12.9 Å². The van der Waals surface area contributed by atoms with E-state index < -0.39 is 58.5 Å². The lowest BCUT2D eigenvalue weighted by Gasteiger charge is -2.29. The first kappa shape index (κ1) is 17.2. The Bertz CT molecular complexity index is 964. The van der Waals surface area contributed by atoms with Crippen LogP contribution < -0.4 is 16.7 Å². The predicted molar refractivity (Wildman–Crippen MR) is 82.8 cm³/mol. The molecule has 134 valence electrons. The van der Waals surface area contributed by atoms with Gasteiger partial charge in [0.25, 0.3) is 11.5 Å². The molecule has 11 nitrogen and oxygen atoms in total. The van der Waals surface area contributed by atoms with Crippen molar-refractivity contribution >= 4 is 16.9 Å². The Kier molecular flexibility index (Phi) is 3.95. The van der Waals surface area contributed by atoms with Crippen LogP contribution in [0.15, 0.2) is 22.1 Å². The van der Waals surface area contributed by atoms with Crippen molar-refractivity contribution in [3.05, 3.63) is 38.7 Å². The summed E-state index contributed by atoms with van der Waals surface area (Å²) in [5.41, 5.74) is 0.893. The summed E-state index contributed by atoms with van der Waals surface area (Å²) in [7, 11) is 0. The highest BCUT2D eigenvalue weighted by Crippen LogP contribution is 2.38. The number of aliphatic hydroxyl groups excluding tert-OH is 2. The van der Waals surface area contributed by atoms with Crippen molar-refractivity contribution in [1.82, 2.24) is 14.5 Å². The Morgan fingerprint density at radius 2 is 2.20 bits per heavy atom. The fraction of sp³-hybridized carbons (Fsp3) is 0.429. The average molecular weight is 352 g/mol. The van der Waals surface area contributed by atoms with Gasteiger partial charge < -0.3 is 35.3 Å². The zero-order chi connectivity index (χ0) is 18.5. The molecule has 0 bridgehead atoms. The molecular formula is C14H16N4O7. The number of amides is 1. The summed E-state index contributed by atoms with van der Waals surface area (Å²) in [5, 5.41) is 29.5. The first-order valence-electron chi connectivity index (χ1n) is 7.29. The number of hydrogen-bond donors (Lipinski definition) is 5. The molecule has 0 aliphatic carbocycles. The molecule has 0 aromatic carbocycles. The molecule has 1 saturated heterocycles. The van der Waals surface area contributed by atoms with Gasteiger partial charge in [0.2, 0.25) is 5.43 Å². The third-order valence-electron chi connectivity index (χ3n) is 4.27. The highest BCUT2D eigenvalue weighted by molar-refractivity contribution is 5.95. The molecule has 4 atom stereocenters. The molecule has 1 fully saturated rings. The molecule has 0 spiro atoms. The number of ether oxygens (including phenoxy) is 1. The number of carbonyl (C=O) groups excluding carboxylic acids is 1. The second-order valence-corrected chi connectivity index (χ2v) is 5.95. The standard InChI is InChI=1S/C14H16N4O7/c1-14(24)9(21)6(3-19)25-13(14)18-2-5(10(15)22)8(20)7-11(18)16-4-17-12(7)23/h2,4,6,9,13,19,21,24H,3H2,1H3,(H2,15,22)(H,16,17,23)/t6?,9-,13?,14+/m1/s1. The number of primary amides is 1. The third kappa shape index (κ3) is 2.44. The van der Waals surface area contributed by atoms with Crippen LogP contribution in [0.1, 0.15) is 23.5 Å². The minimum absolute atomic E-state index is 0.171. The van der Waals surface area contributed by atoms with Crippen molar-refractivity contribution in [2.45, 2.75) is 31.0 Å². The zero-order valence-electron chi connectivity index (χ0n) is 13.0. The summed E-state index contributed by atoms with van der Waals surface area (Å²) in [6.45, 7) is 0.668. The number of carbonyl (C=O) groups is 1. The maximum absolute atomic E-state index is 12.3. The van der Waals surface area contributed by atoms with E-state index in [2.05, 4.69) is 9.97 Å². The average Bonchev–Trinajstić information content (AvgIpc) is 2.78. The molecule has 3 heterocycles. The van der Waals surface area contributed by atoms with E-state index in [1.54, 1.807) is 0 Å². The van der Waals surface area contributed by atoms with E-state index in [0.29, 0.717) is 0 Å². The summed E-state index contributed by atoms with van der Waals surface area (Å²) in [6.07, 6.45) is -1.88. The van der Waals surface area contributed by atoms with E-state index in [9.17, 15) is 29.7 Å². The highest BCUT2D eigenvalue weighted by atomic mass is 16.6. The van der Waals surface area contributed by atoms with Crippen LogP contribution in [0.25, 0.3) is 11.0 Å². The van der Waals surface area contributed by atoms with Crippen molar-refractivity contribution < 1.29 is 24.9 Å². The first-order valence-corrected chi connectivity index (χ1v) is 7.29. The van der Waals surface area contributed by atoms with Gasteiger partial charge in [-0.05, 0) is 6.92 Å². The molecule has 1 aliphatic heterocycles. The van der Waals surface area contributed by atoms with E-state index in [0.717, 1.165) is 17.1 Å². The van der Waals surface area contributed by atoms with E-state index in [-0.39, 0.29) is 5.65 Å². The summed E-state index contributed by atoms with van der Waals surface area (Å²) in [5.74, 6) is -1.08. The van der Waals surface area contributed by atoms with E-state index in [4.69, 9.17) is 10.5 Å². The predicted octanol–water partition coefficient (Wildman–Crippen LogP) is -2.81. The van der Waals surface area contributed by atoms with Crippen molar-refractivity contribution in [3.63, 3.8) is 0 Å². The molecule has 6 N–H and O–H groups in total. The summed E-state index contributed by atoms with van der Waals surface area (Å²) in [6, 6.07) is 0. The monoisotopic (exact) mass is 352 g/mol.